The fourth-order valence-corrected chi connectivity index (χ4v) is 3.75. The van der Waals surface area contributed by atoms with Gasteiger partial charge in [0.25, 0.3) is 0 Å². The Morgan fingerprint density at radius 3 is 2.67 bits per heavy atom. The summed E-state index contributed by atoms with van der Waals surface area (Å²) in [6.07, 6.45) is 1.41. The van der Waals surface area contributed by atoms with E-state index in [1.807, 2.05) is 0 Å². The van der Waals surface area contributed by atoms with Crippen LogP contribution < -0.4 is 4.18 Å². The zero-order valence-corrected chi connectivity index (χ0v) is 12.6. The normalized spacial score (nSPS) is 16.3. The average molecular weight is 344 g/mol. The van der Waals surface area contributed by atoms with Gasteiger partial charge in [-0.3, -0.25) is 0 Å². The number of aromatic nitrogens is 1. The smallest absolute Gasteiger partial charge is 0.343 e. The van der Waals surface area contributed by atoms with Crippen LogP contribution in [-0.4, -0.2) is 18.5 Å². The van der Waals surface area contributed by atoms with Crippen molar-refractivity contribution in [2.45, 2.75) is 0 Å². The van der Waals surface area contributed by atoms with E-state index in [1.165, 1.54) is 36.5 Å². The molecule has 1 N–H and O–H groups in total. The van der Waals surface area contributed by atoms with Crippen molar-refractivity contribution >= 4 is 44.0 Å². The maximum Gasteiger partial charge on any atom is 0.343 e. The predicted octanol–water partition coefficient (Wildman–Crippen LogP) is 3.49. The van der Waals surface area contributed by atoms with E-state index in [0.29, 0.717) is 5.02 Å². The van der Waals surface area contributed by atoms with Gasteiger partial charge in [-0.05, 0) is 24.3 Å². The van der Waals surface area contributed by atoms with Crippen molar-refractivity contribution in [2.75, 3.05) is 0 Å². The first-order valence-corrected chi connectivity index (χ1v) is 7.85. The zero-order chi connectivity index (χ0) is 15.2. The van der Waals surface area contributed by atoms with Gasteiger partial charge in [0.1, 0.15) is 5.69 Å². The molecule has 0 radical (unpaired) electrons. The molecule has 2 aromatic rings. The standard InChI is InChI=1S/C13H7Cl2NO4S/c14-7-3-4-8(9(15)6-7)13-12(17)11-10(2-1-5-16-11)20-21(13,18)19/h1-6,17H. The summed E-state index contributed by atoms with van der Waals surface area (Å²) in [5, 5.41) is 10.7. The van der Waals surface area contributed by atoms with E-state index in [9.17, 15) is 13.5 Å². The van der Waals surface area contributed by atoms with Gasteiger partial charge in [0.2, 0.25) is 0 Å². The van der Waals surface area contributed by atoms with Crippen molar-refractivity contribution in [3.63, 3.8) is 0 Å². The van der Waals surface area contributed by atoms with E-state index in [2.05, 4.69) is 4.98 Å². The number of aliphatic hydroxyl groups excluding tert-OH is 1. The Bertz CT molecular complexity index is 877. The fourth-order valence-electron chi connectivity index (χ4n) is 1.96. The second-order valence-electron chi connectivity index (χ2n) is 4.19. The zero-order valence-electron chi connectivity index (χ0n) is 10.2. The molecule has 8 heteroatoms. The summed E-state index contributed by atoms with van der Waals surface area (Å²) >= 11 is 11.8. The maximum absolute atomic E-state index is 12.2. The van der Waals surface area contributed by atoms with Crippen molar-refractivity contribution in [1.82, 2.24) is 4.98 Å². The van der Waals surface area contributed by atoms with Crippen LogP contribution in [0.3, 0.4) is 0 Å². The van der Waals surface area contributed by atoms with Gasteiger partial charge in [0.05, 0.1) is 5.02 Å². The molecule has 0 spiro atoms. The lowest BCUT2D eigenvalue weighted by Gasteiger charge is -2.20. The predicted molar refractivity (Wildman–Crippen MR) is 79.7 cm³/mol. The highest BCUT2D eigenvalue weighted by molar-refractivity contribution is 7.97. The number of benzene rings is 1. The Hall–Kier alpha value is -1.76. The average Bonchev–Trinajstić information content (AvgIpc) is 2.40. The molecule has 0 saturated heterocycles. The molecule has 2 heterocycles. The number of pyridine rings is 1. The van der Waals surface area contributed by atoms with Crippen molar-refractivity contribution < 1.29 is 17.7 Å². The number of rotatable bonds is 1. The highest BCUT2D eigenvalue weighted by atomic mass is 35.5. The van der Waals surface area contributed by atoms with Crippen LogP contribution in [0.4, 0.5) is 0 Å². The van der Waals surface area contributed by atoms with E-state index in [1.54, 1.807) is 0 Å². The number of aliphatic hydroxyl groups is 1. The van der Waals surface area contributed by atoms with Gasteiger partial charge in [-0.1, -0.05) is 29.3 Å². The van der Waals surface area contributed by atoms with Crippen LogP contribution in [0.15, 0.2) is 36.5 Å². The Morgan fingerprint density at radius 1 is 1.19 bits per heavy atom. The van der Waals surface area contributed by atoms with E-state index < -0.39 is 20.8 Å². The van der Waals surface area contributed by atoms with Crippen LogP contribution in [0.2, 0.25) is 10.0 Å². The van der Waals surface area contributed by atoms with E-state index >= 15 is 0 Å². The van der Waals surface area contributed by atoms with Crippen LogP contribution in [0.25, 0.3) is 10.7 Å². The fraction of sp³-hybridized carbons (Fsp3) is 0. The first-order valence-electron chi connectivity index (χ1n) is 5.69. The SMILES string of the molecule is O=S1(=O)Oc2cccnc2C(O)=C1c1ccc(Cl)cc1Cl. The topological polar surface area (TPSA) is 76.5 Å². The summed E-state index contributed by atoms with van der Waals surface area (Å²) in [5.41, 5.74) is 0.128. The first-order chi connectivity index (χ1) is 9.90. The molecule has 21 heavy (non-hydrogen) atoms. The minimum absolute atomic E-state index is 0.0355. The number of hydrogen-bond acceptors (Lipinski definition) is 5. The summed E-state index contributed by atoms with van der Waals surface area (Å²) in [6.45, 7) is 0. The molecule has 0 fully saturated rings. The lowest BCUT2D eigenvalue weighted by Crippen LogP contribution is -2.19. The summed E-state index contributed by atoms with van der Waals surface area (Å²) in [5.74, 6) is -0.551. The lowest BCUT2D eigenvalue weighted by atomic mass is 10.1. The van der Waals surface area contributed by atoms with E-state index in [-0.39, 0.29) is 22.0 Å². The molecule has 1 aromatic heterocycles. The van der Waals surface area contributed by atoms with Gasteiger partial charge < -0.3 is 9.29 Å². The number of hydrogen-bond donors (Lipinski definition) is 1. The lowest BCUT2D eigenvalue weighted by molar-refractivity contribution is 0.471. The van der Waals surface area contributed by atoms with Crippen LogP contribution in [0, 0.1) is 0 Å². The molecule has 1 aromatic carbocycles. The van der Waals surface area contributed by atoms with Crippen molar-refractivity contribution in [2.24, 2.45) is 0 Å². The largest absolute Gasteiger partial charge is 0.504 e. The molecule has 0 atom stereocenters. The molecule has 0 saturated carbocycles. The van der Waals surface area contributed by atoms with Gasteiger partial charge in [-0.2, -0.15) is 8.42 Å². The quantitative estimate of drug-likeness (QED) is 0.802. The number of halogens is 2. The Labute approximate surface area is 130 Å². The van der Waals surface area contributed by atoms with Gasteiger partial charge in [-0.15, -0.1) is 0 Å². The molecule has 0 aliphatic carbocycles. The van der Waals surface area contributed by atoms with Crippen LogP contribution in [0.5, 0.6) is 5.75 Å². The Morgan fingerprint density at radius 2 is 1.95 bits per heavy atom. The number of fused-ring (bicyclic) bond motifs is 1. The minimum atomic E-state index is -4.21. The molecule has 1 aliphatic heterocycles. The van der Waals surface area contributed by atoms with Crippen LogP contribution >= 0.6 is 23.2 Å². The van der Waals surface area contributed by atoms with Crippen molar-refractivity contribution in [1.29, 1.82) is 0 Å². The second-order valence-corrected chi connectivity index (χ2v) is 6.52. The summed E-state index contributed by atoms with van der Waals surface area (Å²) in [7, 11) is -4.21. The molecule has 1 aliphatic rings. The summed E-state index contributed by atoms with van der Waals surface area (Å²) in [6, 6.07) is 7.14. The van der Waals surface area contributed by atoms with Gasteiger partial charge in [0, 0.05) is 16.8 Å². The minimum Gasteiger partial charge on any atom is -0.504 e. The third-order valence-corrected chi connectivity index (χ3v) is 4.70. The van der Waals surface area contributed by atoms with Crippen molar-refractivity contribution in [3.05, 3.63) is 57.8 Å². The molecule has 0 unspecified atom stereocenters. The molecule has 0 amide bonds. The van der Waals surface area contributed by atoms with Crippen molar-refractivity contribution in [3.8, 4) is 5.75 Å². The molecular formula is C13H7Cl2NO4S. The Kier molecular flexibility index (Phi) is 3.32. The maximum atomic E-state index is 12.2. The molecule has 3 rings (SSSR count). The van der Waals surface area contributed by atoms with Gasteiger partial charge in [-0.25, -0.2) is 4.98 Å². The highest BCUT2D eigenvalue weighted by Gasteiger charge is 2.35. The third-order valence-electron chi connectivity index (χ3n) is 2.84. The second kappa shape index (κ2) is 4.91. The van der Waals surface area contributed by atoms with E-state index in [4.69, 9.17) is 27.4 Å². The van der Waals surface area contributed by atoms with Crippen LogP contribution in [0.1, 0.15) is 11.3 Å². The summed E-state index contributed by atoms with van der Waals surface area (Å²) < 4.78 is 29.4. The van der Waals surface area contributed by atoms with E-state index in [0.717, 1.165) is 0 Å². The van der Waals surface area contributed by atoms with Gasteiger partial charge in [0.15, 0.2) is 16.4 Å². The highest BCUT2D eigenvalue weighted by Crippen LogP contribution is 2.41. The molecular weight excluding hydrogens is 337 g/mol. The first kappa shape index (κ1) is 14.2. The number of nitrogens with zero attached hydrogens (tertiary/aromatic N) is 1. The van der Waals surface area contributed by atoms with Gasteiger partial charge >= 0.3 is 10.1 Å². The Balaban J connectivity index is 2.34. The third kappa shape index (κ3) is 2.35. The molecule has 0 bridgehead atoms. The monoisotopic (exact) mass is 343 g/mol. The van der Waals surface area contributed by atoms with Crippen LogP contribution in [-0.2, 0) is 10.1 Å². The molecule has 5 nitrogen and oxygen atoms in total. The molecule has 108 valence electrons. The summed E-state index contributed by atoms with van der Waals surface area (Å²) in [4.78, 5) is 3.49.